The molecule has 0 amide bonds. The molecular formula is C16H20N2OS. The molecule has 1 atom stereocenters. The van der Waals surface area contributed by atoms with Gasteiger partial charge >= 0.3 is 0 Å². The molecule has 3 nitrogen and oxygen atoms in total. The number of ether oxygens (including phenoxy) is 1. The number of rotatable bonds is 5. The van der Waals surface area contributed by atoms with Crippen LogP contribution in [0, 0.1) is 0 Å². The molecule has 4 heteroatoms. The van der Waals surface area contributed by atoms with Crippen molar-refractivity contribution in [2.45, 2.75) is 32.2 Å². The molecule has 106 valence electrons. The highest BCUT2D eigenvalue weighted by atomic mass is 32.1. The van der Waals surface area contributed by atoms with E-state index in [1.807, 2.05) is 30.4 Å². The highest BCUT2D eigenvalue weighted by Crippen LogP contribution is 2.36. The summed E-state index contributed by atoms with van der Waals surface area (Å²) in [5, 5.41) is 0. The summed E-state index contributed by atoms with van der Waals surface area (Å²) in [5.41, 5.74) is 5.63. The van der Waals surface area contributed by atoms with Gasteiger partial charge in [-0.3, -0.25) is 5.84 Å². The Hall–Kier alpha value is -1.36. The molecule has 1 aliphatic carbocycles. The molecule has 1 aromatic carbocycles. The third-order valence-electron chi connectivity index (χ3n) is 3.74. The van der Waals surface area contributed by atoms with Crippen LogP contribution in [0.25, 0.3) is 0 Å². The van der Waals surface area contributed by atoms with Gasteiger partial charge in [0, 0.05) is 9.75 Å². The molecule has 2 aromatic rings. The Balaban J connectivity index is 1.84. The van der Waals surface area contributed by atoms with Gasteiger partial charge in [-0.05, 0) is 55.5 Å². The number of hydrogen-bond acceptors (Lipinski definition) is 4. The van der Waals surface area contributed by atoms with Gasteiger partial charge in [0.25, 0.3) is 0 Å². The summed E-state index contributed by atoms with van der Waals surface area (Å²) in [7, 11) is 0. The summed E-state index contributed by atoms with van der Waals surface area (Å²) in [4.78, 5) is 2.84. The van der Waals surface area contributed by atoms with Gasteiger partial charge in [0.2, 0.25) is 0 Å². The van der Waals surface area contributed by atoms with Gasteiger partial charge in [0.05, 0.1) is 12.6 Å². The van der Waals surface area contributed by atoms with Crippen molar-refractivity contribution in [2.24, 2.45) is 5.84 Å². The van der Waals surface area contributed by atoms with Crippen molar-refractivity contribution in [1.82, 2.24) is 5.43 Å². The quantitative estimate of drug-likeness (QED) is 0.656. The van der Waals surface area contributed by atoms with Gasteiger partial charge in [-0.15, -0.1) is 11.3 Å². The lowest BCUT2D eigenvalue weighted by atomic mass is 10.0. The highest BCUT2D eigenvalue weighted by Gasteiger charge is 2.20. The Morgan fingerprint density at radius 1 is 1.30 bits per heavy atom. The zero-order valence-corrected chi connectivity index (χ0v) is 12.5. The zero-order valence-electron chi connectivity index (χ0n) is 11.7. The molecule has 0 radical (unpaired) electrons. The van der Waals surface area contributed by atoms with Crippen molar-refractivity contribution in [3.8, 4) is 5.75 Å². The van der Waals surface area contributed by atoms with E-state index >= 15 is 0 Å². The summed E-state index contributed by atoms with van der Waals surface area (Å²) in [6.07, 6.45) is 3.73. The molecule has 1 aromatic heterocycles. The molecule has 1 aliphatic rings. The van der Waals surface area contributed by atoms with E-state index in [9.17, 15) is 0 Å². The SMILES string of the molecule is CCOc1ccc(C(NN)c2cc3c(s2)CCC3)cc1. The highest BCUT2D eigenvalue weighted by molar-refractivity contribution is 7.12. The number of nitrogens with one attached hydrogen (secondary N) is 1. The number of benzene rings is 1. The molecule has 0 saturated carbocycles. The third-order valence-corrected chi connectivity index (χ3v) is 5.04. The zero-order chi connectivity index (χ0) is 13.9. The average Bonchev–Trinajstić information content (AvgIpc) is 3.03. The molecule has 0 bridgehead atoms. The number of thiophene rings is 1. The van der Waals surface area contributed by atoms with Gasteiger partial charge in [-0.2, -0.15) is 0 Å². The maximum absolute atomic E-state index is 5.78. The summed E-state index contributed by atoms with van der Waals surface area (Å²) >= 11 is 1.89. The smallest absolute Gasteiger partial charge is 0.119 e. The van der Waals surface area contributed by atoms with Crippen LogP contribution in [0.4, 0.5) is 0 Å². The molecule has 0 spiro atoms. The molecular weight excluding hydrogens is 268 g/mol. The van der Waals surface area contributed by atoms with E-state index in [1.54, 1.807) is 0 Å². The van der Waals surface area contributed by atoms with Crippen LogP contribution in [0.5, 0.6) is 5.75 Å². The second kappa shape index (κ2) is 5.95. The van der Waals surface area contributed by atoms with E-state index < -0.39 is 0 Å². The largest absolute Gasteiger partial charge is 0.494 e. The number of fused-ring (bicyclic) bond motifs is 1. The van der Waals surface area contributed by atoms with Gasteiger partial charge in [0.15, 0.2) is 0 Å². The van der Waals surface area contributed by atoms with Crippen LogP contribution < -0.4 is 16.0 Å². The Kier molecular flexibility index (Phi) is 4.05. The Labute approximate surface area is 123 Å². The molecule has 0 saturated heterocycles. The predicted molar refractivity (Wildman–Crippen MR) is 83.1 cm³/mol. The fourth-order valence-corrected chi connectivity index (χ4v) is 4.11. The fourth-order valence-electron chi connectivity index (χ4n) is 2.76. The lowest BCUT2D eigenvalue weighted by Crippen LogP contribution is -2.28. The van der Waals surface area contributed by atoms with E-state index in [0.29, 0.717) is 6.61 Å². The first-order valence-electron chi connectivity index (χ1n) is 7.12. The van der Waals surface area contributed by atoms with Crippen molar-refractivity contribution in [2.75, 3.05) is 6.61 Å². The van der Waals surface area contributed by atoms with E-state index in [0.717, 1.165) is 5.75 Å². The third kappa shape index (κ3) is 2.59. The van der Waals surface area contributed by atoms with Gasteiger partial charge in [0.1, 0.15) is 5.75 Å². The monoisotopic (exact) mass is 288 g/mol. The topological polar surface area (TPSA) is 47.3 Å². The summed E-state index contributed by atoms with van der Waals surface area (Å²) in [6, 6.07) is 10.6. The van der Waals surface area contributed by atoms with Gasteiger partial charge in [-0.25, -0.2) is 5.43 Å². The summed E-state index contributed by atoms with van der Waals surface area (Å²) in [6.45, 7) is 2.68. The lowest BCUT2D eigenvalue weighted by molar-refractivity contribution is 0.340. The fraction of sp³-hybridized carbons (Fsp3) is 0.375. The van der Waals surface area contributed by atoms with E-state index in [1.165, 1.54) is 40.1 Å². The van der Waals surface area contributed by atoms with Crippen LogP contribution in [-0.2, 0) is 12.8 Å². The van der Waals surface area contributed by atoms with Crippen molar-refractivity contribution >= 4 is 11.3 Å². The van der Waals surface area contributed by atoms with Crippen molar-refractivity contribution in [1.29, 1.82) is 0 Å². The predicted octanol–water partition coefficient (Wildman–Crippen LogP) is 3.19. The standard InChI is InChI=1S/C16H20N2OS/c1-2-19-13-8-6-11(7-9-13)16(18-17)15-10-12-4-3-5-14(12)20-15/h6-10,16,18H,2-5,17H2,1H3. The van der Waals surface area contributed by atoms with Crippen LogP contribution in [0.1, 0.15) is 40.3 Å². The number of aryl methyl sites for hydroxylation is 2. The lowest BCUT2D eigenvalue weighted by Gasteiger charge is -2.15. The number of nitrogens with two attached hydrogens (primary N) is 1. The van der Waals surface area contributed by atoms with E-state index in [4.69, 9.17) is 10.6 Å². The molecule has 1 heterocycles. The second-order valence-electron chi connectivity index (χ2n) is 5.05. The van der Waals surface area contributed by atoms with Crippen molar-refractivity contribution in [3.63, 3.8) is 0 Å². The van der Waals surface area contributed by atoms with Crippen molar-refractivity contribution in [3.05, 3.63) is 51.2 Å². The molecule has 20 heavy (non-hydrogen) atoms. The maximum atomic E-state index is 5.78. The summed E-state index contributed by atoms with van der Waals surface area (Å²) in [5.74, 6) is 6.68. The van der Waals surface area contributed by atoms with Crippen LogP contribution in [0.15, 0.2) is 30.3 Å². The molecule has 0 aliphatic heterocycles. The first kappa shape index (κ1) is 13.6. The van der Waals surface area contributed by atoms with Gasteiger partial charge < -0.3 is 4.74 Å². The van der Waals surface area contributed by atoms with Crippen LogP contribution in [0.3, 0.4) is 0 Å². The normalized spacial score (nSPS) is 15.1. The van der Waals surface area contributed by atoms with E-state index in [2.05, 4.69) is 23.6 Å². The first-order chi connectivity index (χ1) is 9.81. The Morgan fingerprint density at radius 2 is 2.10 bits per heavy atom. The molecule has 0 fully saturated rings. The molecule has 3 N–H and O–H groups in total. The minimum absolute atomic E-state index is 0.0706. The molecule has 1 unspecified atom stereocenters. The second-order valence-corrected chi connectivity index (χ2v) is 6.22. The number of hydrogen-bond donors (Lipinski definition) is 2. The minimum atomic E-state index is 0.0706. The Bertz CT molecular complexity index is 555. The molecule has 3 rings (SSSR count). The van der Waals surface area contributed by atoms with Crippen LogP contribution in [0.2, 0.25) is 0 Å². The van der Waals surface area contributed by atoms with Crippen LogP contribution in [-0.4, -0.2) is 6.61 Å². The average molecular weight is 288 g/mol. The number of hydrazine groups is 1. The van der Waals surface area contributed by atoms with Gasteiger partial charge in [-0.1, -0.05) is 12.1 Å². The van der Waals surface area contributed by atoms with Crippen molar-refractivity contribution < 1.29 is 4.74 Å². The van der Waals surface area contributed by atoms with E-state index in [-0.39, 0.29) is 6.04 Å². The minimum Gasteiger partial charge on any atom is -0.494 e. The van der Waals surface area contributed by atoms with Crippen LogP contribution >= 0.6 is 11.3 Å². The Morgan fingerprint density at radius 3 is 2.75 bits per heavy atom. The summed E-state index contributed by atoms with van der Waals surface area (Å²) < 4.78 is 5.48. The first-order valence-corrected chi connectivity index (χ1v) is 7.94. The maximum Gasteiger partial charge on any atom is 0.119 e.